The first-order valence-electron chi connectivity index (χ1n) is 3.65. The van der Waals surface area contributed by atoms with Gasteiger partial charge in [0.05, 0.1) is 0 Å². The van der Waals surface area contributed by atoms with Gasteiger partial charge >= 0.3 is 13.8 Å². The van der Waals surface area contributed by atoms with Crippen LogP contribution in [0.15, 0.2) is 30.3 Å². The van der Waals surface area contributed by atoms with Crippen LogP contribution in [0.1, 0.15) is 5.56 Å². The molecule has 0 aromatic heterocycles. The molecular weight excluding hydrogens is 199 g/mol. The van der Waals surface area contributed by atoms with Gasteiger partial charge < -0.3 is 17.3 Å². The van der Waals surface area contributed by atoms with Gasteiger partial charge in [-0.3, -0.25) is 0 Å². The van der Waals surface area contributed by atoms with Crippen molar-refractivity contribution in [2.45, 2.75) is 6.54 Å². The Balaban J connectivity index is 0.000000292. The Morgan fingerprint density at radius 1 is 1.07 bits per heavy atom. The standard InChI is InChI=1S/C7H7N2.BF4/c8-9-6-7-4-2-1-3-5-7;2-1(3,4)5/h1-5H,6H2;/q+1;-1. The molecule has 0 saturated carbocycles. The van der Waals surface area contributed by atoms with Gasteiger partial charge in [-0.2, -0.15) is 0 Å². The summed E-state index contributed by atoms with van der Waals surface area (Å²) in [5.41, 5.74) is 1.03. The lowest BCUT2D eigenvalue weighted by Gasteiger charge is -1.94. The van der Waals surface area contributed by atoms with Crippen LogP contribution in [0, 0.1) is 5.39 Å². The molecule has 0 radical (unpaired) electrons. The zero-order valence-corrected chi connectivity index (χ0v) is 7.08. The van der Waals surface area contributed by atoms with Gasteiger partial charge in [-0.1, -0.05) is 30.3 Å². The second kappa shape index (κ2) is 5.97. The van der Waals surface area contributed by atoms with Crippen molar-refractivity contribution in [2.24, 2.45) is 0 Å². The third kappa shape index (κ3) is 10.4. The average molecular weight is 206 g/mol. The van der Waals surface area contributed by atoms with Crippen LogP contribution in [0.4, 0.5) is 17.3 Å². The van der Waals surface area contributed by atoms with Crippen LogP contribution in [-0.4, -0.2) is 7.25 Å². The first-order valence-corrected chi connectivity index (χ1v) is 3.65. The molecule has 0 aliphatic carbocycles. The molecule has 0 bridgehead atoms. The van der Waals surface area contributed by atoms with Gasteiger partial charge in [0.25, 0.3) is 0 Å². The molecule has 0 saturated heterocycles. The predicted molar refractivity (Wildman–Crippen MR) is 45.4 cm³/mol. The van der Waals surface area contributed by atoms with Crippen molar-refractivity contribution in [3.05, 3.63) is 40.9 Å². The molecule has 0 fully saturated rings. The second-order valence-electron chi connectivity index (χ2n) is 2.28. The maximum Gasteiger partial charge on any atom is 0.673 e. The summed E-state index contributed by atoms with van der Waals surface area (Å²) in [5, 5.41) is 8.14. The minimum absolute atomic E-state index is 0.390. The average Bonchev–Trinajstić information content (AvgIpc) is 2.03. The molecule has 0 spiro atoms. The van der Waals surface area contributed by atoms with Crippen molar-refractivity contribution in [1.82, 2.24) is 0 Å². The molecule has 14 heavy (non-hydrogen) atoms. The van der Waals surface area contributed by atoms with Crippen molar-refractivity contribution in [2.75, 3.05) is 0 Å². The molecule has 0 amide bonds. The number of halogens is 4. The number of hydrogen-bond acceptors (Lipinski definition) is 1. The maximum absolute atomic E-state index is 9.75. The SMILES string of the molecule is F[B-](F)(F)F.N#[N+]Cc1ccccc1. The Morgan fingerprint density at radius 3 is 1.86 bits per heavy atom. The number of benzene rings is 1. The third-order valence-corrected chi connectivity index (χ3v) is 1.10. The molecule has 0 aliphatic rings. The Labute approximate surface area is 78.3 Å². The Hall–Kier alpha value is -1.58. The first-order chi connectivity index (χ1) is 6.43. The van der Waals surface area contributed by atoms with E-state index in [-0.39, 0.29) is 0 Å². The van der Waals surface area contributed by atoms with Crippen molar-refractivity contribution in [3.63, 3.8) is 0 Å². The van der Waals surface area contributed by atoms with E-state index < -0.39 is 7.25 Å². The van der Waals surface area contributed by atoms with E-state index >= 15 is 0 Å². The molecule has 0 aliphatic heterocycles. The second-order valence-corrected chi connectivity index (χ2v) is 2.28. The van der Waals surface area contributed by atoms with Crippen LogP contribution in [0.2, 0.25) is 0 Å². The number of rotatable bonds is 1. The molecule has 7 heteroatoms. The fourth-order valence-corrected chi connectivity index (χ4v) is 0.665. The van der Waals surface area contributed by atoms with Crippen molar-refractivity contribution in [3.8, 4) is 0 Å². The Bertz CT molecular complexity index is 287. The van der Waals surface area contributed by atoms with Gasteiger partial charge in [0.15, 0.2) is 0 Å². The van der Waals surface area contributed by atoms with Gasteiger partial charge in [-0.25, -0.2) is 0 Å². The van der Waals surface area contributed by atoms with E-state index in [1.807, 2.05) is 30.3 Å². The first kappa shape index (κ1) is 12.4. The van der Waals surface area contributed by atoms with E-state index in [1.165, 1.54) is 0 Å². The van der Waals surface area contributed by atoms with Crippen LogP contribution < -0.4 is 0 Å². The lowest BCUT2D eigenvalue weighted by molar-refractivity contribution is 0.368. The quantitative estimate of drug-likeness (QED) is 0.393. The van der Waals surface area contributed by atoms with E-state index in [0.29, 0.717) is 6.54 Å². The number of diazo groups is 1. The van der Waals surface area contributed by atoms with E-state index in [9.17, 15) is 17.3 Å². The fourth-order valence-electron chi connectivity index (χ4n) is 0.665. The molecule has 1 aromatic rings. The van der Waals surface area contributed by atoms with Gasteiger partial charge in [0.2, 0.25) is 5.39 Å². The third-order valence-electron chi connectivity index (χ3n) is 1.10. The molecule has 0 N–H and O–H groups in total. The lowest BCUT2D eigenvalue weighted by atomic mass is 10.2. The van der Waals surface area contributed by atoms with Crippen LogP contribution in [0.5, 0.6) is 0 Å². The van der Waals surface area contributed by atoms with Gasteiger partial charge in [0.1, 0.15) is 4.98 Å². The zero-order valence-electron chi connectivity index (χ0n) is 7.08. The summed E-state index contributed by atoms with van der Waals surface area (Å²) in [7, 11) is -6.00. The highest BCUT2D eigenvalue weighted by molar-refractivity contribution is 6.50. The van der Waals surface area contributed by atoms with E-state index in [2.05, 4.69) is 4.98 Å². The topological polar surface area (TPSA) is 28.1 Å². The van der Waals surface area contributed by atoms with Crippen molar-refractivity contribution >= 4 is 7.25 Å². The molecule has 0 atom stereocenters. The van der Waals surface area contributed by atoms with Gasteiger partial charge in [0, 0.05) is 5.56 Å². The smallest absolute Gasteiger partial charge is 0.418 e. The largest absolute Gasteiger partial charge is 0.673 e. The minimum Gasteiger partial charge on any atom is -0.418 e. The van der Waals surface area contributed by atoms with E-state index in [1.54, 1.807) is 0 Å². The van der Waals surface area contributed by atoms with Crippen LogP contribution in [-0.2, 0) is 6.54 Å². The van der Waals surface area contributed by atoms with E-state index in [0.717, 1.165) is 5.56 Å². The molecule has 1 rings (SSSR count). The summed E-state index contributed by atoms with van der Waals surface area (Å²) in [6, 6.07) is 9.60. The minimum atomic E-state index is -6.00. The number of hydrogen-bond donors (Lipinski definition) is 0. The van der Waals surface area contributed by atoms with Crippen molar-refractivity contribution < 1.29 is 17.3 Å². The fraction of sp³-hybridized carbons (Fsp3) is 0.143. The van der Waals surface area contributed by atoms with Crippen LogP contribution in [0.25, 0.3) is 4.98 Å². The zero-order chi connectivity index (χ0) is 11.0. The molecule has 1 aromatic carbocycles. The summed E-state index contributed by atoms with van der Waals surface area (Å²) >= 11 is 0. The van der Waals surface area contributed by atoms with Crippen LogP contribution >= 0.6 is 0 Å². The molecular formula is C7H7BF4N2. The Morgan fingerprint density at radius 2 is 1.50 bits per heavy atom. The maximum atomic E-state index is 9.75. The molecule has 2 nitrogen and oxygen atoms in total. The highest BCUT2D eigenvalue weighted by Crippen LogP contribution is 2.06. The lowest BCUT2D eigenvalue weighted by Crippen LogP contribution is -2.02. The summed E-state index contributed by atoms with van der Waals surface area (Å²) in [4.78, 5) is 3.01. The number of nitrogens with zero attached hydrogens (tertiary/aromatic N) is 2. The molecule has 0 unspecified atom stereocenters. The normalized spacial score (nSPS) is 9.64. The van der Waals surface area contributed by atoms with Gasteiger partial charge in [-0.05, 0) is 0 Å². The van der Waals surface area contributed by atoms with E-state index in [4.69, 9.17) is 5.39 Å². The molecule has 0 heterocycles. The highest BCUT2D eigenvalue weighted by Gasteiger charge is 2.20. The summed E-state index contributed by atoms with van der Waals surface area (Å²) < 4.78 is 39.0. The summed E-state index contributed by atoms with van der Waals surface area (Å²) in [6.07, 6.45) is 0. The van der Waals surface area contributed by atoms with Gasteiger partial charge in [-0.15, -0.1) is 0 Å². The monoisotopic (exact) mass is 206 g/mol. The van der Waals surface area contributed by atoms with Crippen LogP contribution in [0.3, 0.4) is 0 Å². The summed E-state index contributed by atoms with van der Waals surface area (Å²) in [5.74, 6) is 0. The Kier molecular flexibility index (Phi) is 5.30. The van der Waals surface area contributed by atoms with Crippen molar-refractivity contribution in [1.29, 1.82) is 5.39 Å². The summed E-state index contributed by atoms with van der Waals surface area (Å²) in [6.45, 7) is 0.390. The highest BCUT2D eigenvalue weighted by atomic mass is 19.5. The predicted octanol–water partition coefficient (Wildman–Crippen LogP) is 3.34. The molecule has 76 valence electrons.